The van der Waals surface area contributed by atoms with Crippen LogP contribution in [0.2, 0.25) is 0 Å². The van der Waals surface area contributed by atoms with Crippen molar-refractivity contribution in [1.29, 1.82) is 0 Å². The van der Waals surface area contributed by atoms with E-state index in [1.807, 2.05) is 66.3 Å². The molecular formula is C25H25N3O2S2. The maximum atomic E-state index is 13.0. The van der Waals surface area contributed by atoms with Gasteiger partial charge in [-0.1, -0.05) is 55.5 Å². The zero-order valence-corrected chi connectivity index (χ0v) is 20.0. The number of para-hydroxylation sites is 1. The van der Waals surface area contributed by atoms with Crippen LogP contribution in [-0.4, -0.2) is 38.6 Å². The maximum absolute atomic E-state index is 13.0. The van der Waals surface area contributed by atoms with Gasteiger partial charge in [0.2, 0.25) is 0 Å². The number of thiocarbonyl (C=S) groups is 1. The maximum Gasteiger partial charge on any atom is 0.266 e. The molecule has 2 aromatic carbocycles. The van der Waals surface area contributed by atoms with Gasteiger partial charge in [-0.3, -0.25) is 9.69 Å². The monoisotopic (exact) mass is 463 g/mol. The summed E-state index contributed by atoms with van der Waals surface area (Å²) in [7, 11) is 1.66. The van der Waals surface area contributed by atoms with Crippen LogP contribution < -0.4 is 4.74 Å². The van der Waals surface area contributed by atoms with Crippen molar-refractivity contribution in [3.05, 3.63) is 70.8 Å². The highest BCUT2D eigenvalue weighted by atomic mass is 32.2. The van der Waals surface area contributed by atoms with Crippen LogP contribution in [-0.2, 0) is 4.79 Å². The van der Waals surface area contributed by atoms with Crippen LogP contribution in [0.1, 0.15) is 30.9 Å². The molecule has 1 aliphatic heterocycles. The van der Waals surface area contributed by atoms with E-state index in [4.69, 9.17) is 22.1 Å². The van der Waals surface area contributed by atoms with Crippen molar-refractivity contribution in [2.45, 2.75) is 26.7 Å². The molecule has 1 fully saturated rings. The Kier molecular flexibility index (Phi) is 6.77. The summed E-state index contributed by atoms with van der Waals surface area (Å²) >= 11 is 6.83. The summed E-state index contributed by atoms with van der Waals surface area (Å²) in [5.41, 5.74) is 4.61. The summed E-state index contributed by atoms with van der Waals surface area (Å²) in [5, 5.41) is 4.87. The average Bonchev–Trinajstić information content (AvgIpc) is 3.34. The second kappa shape index (κ2) is 9.71. The summed E-state index contributed by atoms with van der Waals surface area (Å²) in [6.45, 7) is 4.77. The summed E-state index contributed by atoms with van der Waals surface area (Å²) < 4.78 is 7.88. The van der Waals surface area contributed by atoms with Gasteiger partial charge in [-0.15, -0.1) is 0 Å². The number of hydrogen-bond donors (Lipinski definition) is 0. The first-order chi connectivity index (χ1) is 15.5. The number of ether oxygens (including phenoxy) is 1. The van der Waals surface area contributed by atoms with Gasteiger partial charge >= 0.3 is 0 Å². The molecule has 3 aromatic rings. The molecule has 0 bridgehead atoms. The highest BCUT2D eigenvalue weighted by Gasteiger charge is 2.31. The summed E-state index contributed by atoms with van der Waals surface area (Å²) in [6, 6.07) is 15.9. The van der Waals surface area contributed by atoms with Crippen LogP contribution in [0.25, 0.3) is 23.0 Å². The van der Waals surface area contributed by atoms with E-state index in [1.165, 1.54) is 11.8 Å². The molecule has 0 aliphatic carbocycles. The number of carbonyl (C=O) groups excluding carboxylic acids is 1. The van der Waals surface area contributed by atoms with Gasteiger partial charge in [0.25, 0.3) is 5.91 Å². The molecule has 1 aliphatic rings. The zero-order valence-electron chi connectivity index (χ0n) is 18.4. The number of amides is 1. The Balaban J connectivity index is 1.78. The normalized spacial score (nSPS) is 15.1. The molecule has 0 unspecified atom stereocenters. The zero-order chi connectivity index (χ0) is 22.7. The van der Waals surface area contributed by atoms with Crippen LogP contribution in [0.4, 0.5) is 0 Å². The number of nitrogens with zero attached hydrogens (tertiary/aromatic N) is 3. The minimum absolute atomic E-state index is 0.0298. The smallest absolute Gasteiger partial charge is 0.266 e. The van der Waals surface area contributed by atoms with Crippen molar-refractivity contribution >= 4 is 40.3 Å². The van der Waals surface area contributed by atoms with E-state index >= 15 is 0 Å². The first-order valence-electron chi connectivity index (χ1n) is 10.6. The van der Waals surface area contributed by atoms with Crippen molar-refractivity contribution in [2.24, 2.45) is 0 Å². The van der Waals surface area contributed by atoms with E-state index in [0.717, 1.165) is 46.7 Å². The van der Waals surface area contributed by atoms with Gasteiger partial charge in [0.05, 0.1) is 17.7 Å². The second-order valence-corrected chi connectivity index (χ2v) is 9.26. The molecule has 2 heterocycles. The fourth-order valence-electron chi connectivity index (χ4n) is 3.61. The lowest BCUT2D eigenvalue weighted by Gasteiger charge is -2.13. The molecule has 0 N–H and O–H groups in total. The predicted molar refractivity (Wildman–Crippen MR) is 135 cm³/mol. The molecular weight excluding hydrogens is 438 g/mol. The Labute approximate surface area is 198 Å². The van der Waals surface area contributed by atoms with Gasteiger partial charge in [0, 0.05) is 23.9 Å². The third kappa shape index (κ3) is 4.49. The average molecular weight is 464 g/mol. The number of thioether (sulfide) groups is 1. The molecule has 5 nitrogen and oxygen atoms in total. The SMILES string of the molecule is CCCCN1C(=O)/C(=C/c2cn(-c3ccccc3)nc2-c2ccc(OC)c(C)c2)SC1=S. The molecule has 0 spiro atoms. The number of benzene rings is 2. The first kappa shape index (κ1) is 22.3. The largest absolute Gasteiger partial charge is 0.496 e. The van der Waals surface area contributed by atoms with Crippen LogP contribution in [0.3, 0.4) is 0 Å². The van der Waals surface area contributed by atoms with Crippen molar-refractivity contribution < 1.29 is 9.53 Å². The van der Waals surface area contributed by atoms with Gasteiger partial charge in [-0.05, 0) is 55.3 Å². The minimum Gasteiger partial charge on any atom is -0.496 e. The summed E-state index contributed by atoms with van der Waals surface area (Å²) in [6.07, 6.45) is 5.82. The molecule has 1 saturated heterocycles. The van der Waals surface area contributed by atoms with Gasteiger partial charge < -0.3 is 4.74 Å². The van der Waals surface area contributed by atoms with Crippen molar-refractivity contribution in [3.63, 3.8) is 0 Å². The van der Waals surface area contributed by atoms with Crippen LogP contribution in [0.5, 0.6) is 5.75 Å². The Morgan fingerprint density at radius 1 is 1.19 bits per heavy atom. The van der Waals surface area contributed by atoms with Gasteiger partial charge in [0.15, 0.2) is 0 Å². The molecule has 1 amide bonds. The number of hydrogen-bond acceptors (Lipinski definition) is 5. The first-order valence-corrected chi connectivity index (χ1v) is 11.8. The third-order valence-corrected chi connectivity index (χ3v) is 6.70. The quantitative estimate of drug-likeness (QED) is 0.325. The molecule has 0 radical (unpaired) electrons. The fraction of sp³-hybridized carbons (Fsp3) is 0.240. The topological polar surface area (TPSA) is 47.4 Å². The van der Waals surface area contributed by atoms with E-state index in [1.54, 1.807) is 12.0 Å². The van der Waals surface area contributed by atoms with Gasteiger partial charge in [0.1, 0.15) is 15.8 Å². The highest BCUT2D eigenvalue weighted by Crippen LogP contribution is 2.35. The lowest BCUT2D eigenvalue weighted by molar-refractivity contribution is -0.122. The number of rotatable bonds is 7. The molecule has 32 heavy (non-hydrogen) atoms. The van der Waals surface area contributed by atoms with Crippen molar-refractivity contribution in [3.8, 4) is 22.7 Å². The number of aromatic nitrogens is 2. The van der Waals surface area contributed by atoms with Crippen LogP contribution in [0, 0.1) is 6.92 Å². The molecule has 1 aromatic heterocycles. The van der Waals surface area contributed by atoms with E-state index in [-0.39, 0.29) is 5.91 Å². The lowest BCUT2D eigenvalue weighted by Crippen LogP contribution is -2.28. The summed E-state index contributed by atoms with van der Waals surface area (Å²) in [4.78, 5) is 15.3. The summed E-state index contributed by atoms with van der Waals surface area (Å²) in [5.74, 6) is 0.798. The molecule has 164 valence electrons. The fourth-order valence-corrected chi connectivity index (χ4v) is 4.91. The van der Waals surface area contributed by atoms with Crippen LogP contribution >= 0.6 is 24.0 Å². The Morgan fingerprint density at radius 3 is 2.66 bits per heavy atom. The Morgan fingerprint density at radius 2 is 1.97 bits per heavy atom. The number of methoxy groups -OCH3 is 1. The molecule has 4 rings (SSSR count). The Bertz CT molecular complexity index is 1190. The number of carbonyl (C=O) groups is 1. The standard InChI is InChI=1S/C25H25N3O2S2/c1-4-5-13-27-24(29)22(32-25(27)31)15-19-16-28(20-9-7-6-8-10-20)26-23(19)18-11-12-21(30-3)17(2)14-18/h6-12,14-16H,4-5,13H2,1-3H3/b22-15-. The molecule has 7 heteroatoms. The van der Waals surface area contributed by atoms with Crippen LogP contribution in [0.15, 0.2) is 59.6 Å². The van der Waals surface area contributed by atoms with E-state index < -0.39 is 0 Å². The lowest BCUT2D eigenvalue weighted by atomic mass is 10.0. The molecule has 0 saturated carbocycles. The highest BCUT2D eigenvalue weighted by molar-refractivity contribution is 8.26. The van der Waals surface area contributed by atoms with Crippen molar-refractivity contribution in [1.82, 2.24) is 14.7 Å². The number of unbranched alkanes of at least 4 members (excludes halogenated alkanes) is 1. The van der Waals surface area contributed by atoms with E-state index in [0.29, 0.717) is 15.8 Å². The van der Waals surface area contributed by atoms with Gasteiger partial charge in [-0.2, -0.15) is 5.10 Å². The second-order valence-electron chi connectivity index (χ2n) is 7.58. The van der Waals surface area contributed by atoms with E-state index in [9.17, 15) is 4.79 Å². The van der Waals surface area contributed by atoms with Gasteiger partial charge in [-0.25, -0.2) is 4.68 Å². The van der Waals surface area contributed by atoms with E-state index in [2.05, 4.69) is 13.0 Å². The minimum atomic E-state index is -0.0298. The number of aryl methyl sites for hydroxylation is 1. The Hall–Kier alpha value is -2.90. The predicted octanol–water partition coefficient (Wildman–Crippen LogP) is 5.86. The third-order valence-electron chi connectivity index (χ3n) is 5.33. The van der Waals surface area contributed by atoms with Crippen molar-refractivity contribution in [2.75, 3.05) is 13.7 Å². The molecule has 0 atom stereocenters.